The molecule has 1 fully saturated rings. The van der Waals surface area contributed by atoms with Crippen LogP contribution >= 0.6 is 11.6 Å². The average Bonchev–Trinajstić information content (AvgIpc) is 2.82. The number of halogens is 1. The standard InChI is InChI=1S/C29H33ClN2O/c1-21-4-3-5-22(2)32(21)20-24-8-17-28(18-9-24)31-29(33)19-10-23-6-11-25(12-7-23)26-13-15-27(30)16-14-26/h6-9,11-18,21-22H,3-5,10,19-20H2,1-2H3,(H,31,33). The van der Waals surface area contributed by atoms with Gasteiger partial charge in [0.15, 0.2) is 0 Å². The van der Waals surface area contributed by atoms with Gasteiger partial charge in [-0.1, -0.05) is 66.6 Å². The minimum atomic E-state index is 0.0443. The molecule has 0 aliphatic carbocycles. The molecular formula is C29H33ClN2O. The van der Waals surface area contributed by atoms with Crippen LogP contribution in [0.15, 0.2) is 72.8 Å². The van der Waals surface area contributed by atoms with Crippen molar-refractivity contribution in [3.63, 3.8) is 0 Å². The van der Waals surface area contributed by atoms with Gasteiger partial charge in [-0.2, -0.15) is 0 Å². The zero-order valence-corrected chi connectivity index (χ0v) is 20.3. The van der Waals surface area contributed by atoms with Gasteiger partial charge in [-0.05, 0) is 79.6 Å². The van der Waals surface area contributed by atoms with Crippen molar-refractivity contribution in [1.82, 2.24) is 4.90 Å². The van der Waals surface area contributed by atoms with Crippen LogP contribution in [0.4, 0.5) is 5.69 Å². The molecule has 4 rings (SSSR count). The minimum Gasteiger partial charge on any atom is -0.326 e. The second-order valence-corrected chi connectivity index (χ2v) is 9.69. The lowest BCUT2D eigenvalue weighted by Gasteiger charge is -2.39. The van der Waals surface area contributed by atoms with E-state index in [1.165, 1.54) is 24.8 Å². The van der Waals surface area contributed by atoms with Crippen LogP contribution in [0.2, 0.25) is 5.02 Å². The van der Waals surface area contributed by atoms with Gasteiger partial charge in [0, 0.05) is 35.8 Å². The van der Waals surface area contributed by atoms with Crippen molar-refractivity contribution in [1.29, 1.82) is 0 Å². The van der Waals surface area contributed by atoms with E-state index in [1.54, 1.807) is 0 Å². The second kappa shape index (κ2) is 11.0. The van der Waals surface area contributed by atoms with Gasteiger partial charge in [0.2, 0.25) is 5.91 Å². The number of rotatable bonds is 7. The van der Waals surface area contributed by atoms with E-state index in [4.69, 9.17) is 11.6 Å². The van der Waals surface area contributed by atoms with E-state index in [2.05, 4.69) is 60.5 Å². The van der Waals surface area contributed by atoms with E-state index in [-0.39, 0.29) is 5.91 Å². The van der Waals surface area contributed by atoms with Crippen LogP contribution in [0.25, 0.3) is 11.1 Å². The number of amides is 1. The Morgan fingerprint density at radius 1 is 0.848 bits per heavy atom. The molecule has 1 N–H and O–H groups in total. The largest absolute Gasteiger partial charge is 0.326 e. The number of carbonyl (C=O) groups is 1. The summed E-state index contributed by atoms with van der Waals surface area (Å²) in [6, 6.07) is 25.8. The zero-order valence-electron chi connectivity index (χ0n) is 19.6. The predicted octanol–water partition coefficient (Wildman–Crippen LogP) is 7.34. The van der Waals surface area contributed by atoms with Crippen molar-refractivity contribution in [2.24, 2.45) is 0 Å². The van der Waals surface area contributed by atoms with Crippen molar-refractivity contribution in [2.45, 2.75) is 64.6 Å². The molecule has 3 aromatic rings. The number of nitrogens with one attached hydrogen (secondary N) is 1. The van der Waals surface area contributed by atoms with Crippen molar-refractivity contribution in [3.05, 3.63) is 88.9 Å². The molecule has 33 heavy (non-hydrogen) atoms. The summed E-state index contributed by atoms with van der Waals surface area (Å²) in [7, 11) is 0. The molecule has 0 bridgehead atoms. The third-order valence-corrected chi connectivity index (χ3v) is 7.00. The van der Waals surface area contributed by atoms with Crippen LogP contribution in [0.1, 0.15) is 50.7 Å². The Labute approximate surface area is 202 Å². The van der Waals surface area contributed by atoms with Gasteiger partial charge in [-0.15, -0.1) is 0 Å². The van der Waals surface area contributed by atoms with Crippen LogP contribution in [0.5, 0.6) is 0 Å². The first-order chi connectivity index (χ1) is 16.0. The number of nitrogens with zero attached hydrogens (tertiary/aromatic N) is 1. The van der Waals surface area contributed by atoms with Crippen molar-refractivity contribution >= 4 is 23.2 Å². The Morgan fingerprint density at radius 3 is 2.00 bits per heavy atom. The first kappa shape index (κ1) is 23.5. The van der Waals surface area contributed by atoms with E-state index >= 15 is 0 Å². The topological polar surface area (TPSA) is 32.3 Å². The Kier molecular flexibility index (Phi) is 7.85. The molecule has 3 aromatic carbocycles. The lowest BCUT2D eigenvalue weighted by molar-refractivity contribution is -0.116. The van der Waals surface area contributed by atoms with Gasteiger partial charge in [0.25, 0.3) is 0 Å². The highest BCUT2D eigenvalue weighted by molar-refractivity contribution is 6.30. The number of anilines is 1. The molecule has 4 heteroatoms. The van der Waals surface area contributed by atoms with Crippen LogP contribution < -0.4 is 5.32 Å². The van der Waals surface area contributed by atoms with Gasteiger partial charge in [0.05, 0.1) is 0 Å². The summed E-state index contributed by atoms with van der Waals surface area (Å²) in [6.07, 6.45) is 5.07. The Balaban J connectivity index is 1.26. The predicted molar refractivity (Wildman–Crippen MR) is 139 cm³/mol. The number of piperidine rings is 1. The van der Waals surface area contributed by atoms with E-state index in [0.717, 1.165) is 40.4 Å². The summed E-state index contributed by atoms with van der Waals surface area (Å²) >= 11 is 5.97. The first-order valence-corrected chi connectivity index (χ1v) is 12.3. The summed E-state index contributed by atoms with van der Waals surface area (Å²) in [5.41, 5.74) is 5.60. The van der Waals surface area contributed by atoms with Gasteiger partial charge >= 0.3 is 0 Å². The molecule has 172 valence electrons. The third-order valence-electron chi connectivity index (χ3n) is 6.75. The fraction of sp³-hybridized carbons (Fsp3) is 0.345. The Morgan fingerprint density at radius 2 is 1.39 bits per heavy atom. The molecule has 0 radical (unpaired) electrons. The number of hydrogen-bond acceptors (Lipinski definition) is 2. The molecule has 0 spiro atoms. The zero-order chi connectivity index (χ0) is 23.2. The van der Waals surface area contributed by atoms with Crippen molar-refractivity contribution in [3.8, 4) is 11.1 Å². The SMILES string of the molecule is CC1CCCC(C)N1Cc1ccc(NC(=O)CCc2ccc(-c3ccc(Cl)cc3)cc2)cc1. The Hall–Kier alpha value is -2.62. The van der Waals surface area contributed by atoms with Gasteiger partial charge in [0.1, 0.15) is 0 Å². The number of hydrogen-bond donors (Lipinski definition) is 1. The summed E-state index contributed by atoms with van der Waals surface area (Å²) < 4.78 is 0. The minimum absolute atomic E-state index is 0.0443. The van der Waals surface area contributed by atoms with E-state index in [9.17, 15) is 4.79 Å². The molecule has 1 saturated heterocycles. The molecule has 1 amide bonds. The molecule has 1 aliphatic heterocycles. The maximum atomic E-state index is 12.5. The first-order valence-electron chi connectivity index (χ1n) is 12.0. The van der Waals surface area contributed by atoms with E-state index in [1.807, 2.05) is 36.4 Å². The summed E-state index contributed by atoms with van der Waals surface area (Å²) in [5, 5.41) is 3.78. The Bertz CT molecular complexity index is 1030. The van der Waals surface area contributed by atoms with Crippen molar-refractivity contribution < 1.29 is 4.79 Å². The van der Waals surface area contributed by atoms with Gasteiger partial charge in [-0.3, -0.25) is 9.69 Å². The van der Waals surface area contributed by atoms with E-state index < -0.39 is 0 Å². The summed E-state index contributed by atoms with van der Waals surface area (Å²) in [5.74, 6) is 0.0443. The van der Waals surface area contributed by atoms with Crippen molar-refractivity contribution in [2.75, 3.05) is 5.32 Å². The van der Waals surface area contributed by atoms with Gasteiger partial charge in [-0.25, -0.2) is 0 Å². The van der Waals surface area contributed by atoms with Crippen LogP contribution in [0, 0.1) is 0 Å². The van der Waals surface area contributed by atoms with Crippen LogP contribution in [0.3, 0.4) is 0 Å². The fourth-order valence-corrected chi connectivity index (χ4v) is 4.80. The lowest BCUT2D eigenvalue weighted by Crippen LogP contribution is -2.42. The molecule has 0 aromatic heterocycles. The quantitative estimate of drug-likeness (QED) is 0.400. The molecular weight excluding hydrogens is 428 g/mol. The number of carbonyl (C=O) groups excluding carboxylic acids is 1. The maximum absolute atomic E-state index is 12.5. The molecule has 2 unspecified atom stereocenters. The molecule has 1 aliphatic rings. The number of likely N-dealkylation sites (tertiary alicyclic amines) is 1. The normalized spacial score (nSPS) is 18.8. The fourth-order valence-electron chi connectivity index (χ4n) is 4.68. The second-order valence-electron chi connectivity index (χ2n) is 9.25. The third kappa shape index (κ3) is 6.46. The molecule has 3 nitrogen and oxygen atoms in total. The highest BCUT2D eigenvalue weighted by Crippen LogP contribution is 2.25. The van der Waals surface area contributed by atoms with Crippen LogP contribution in [-0.4, -0.2) is 22.9 Å². The average molecular weight is 461 g/mol. The smallest absolute Gasteiger partial charge is 0.224 e. The highest BCUT2D eigenvalue weighted by Gasteiger charge is 2.24. The maximum Gasteiger partial charge on any atom is 0.224 e. The number of aryl methyl sites for hydroxylation is 1. The van der Waals surface area contributed by atoms with E-state index in [0.29, 0.717) is 18.5 Å². The molecule has 1 heterocycles. The lowest BCUT2D eigenvalue weighted by atomic mass is 9.97. The molecule has 0 saturated carbocycles. The summed E-state index contributed by atoms with van der Waals surface area (Å²) in [4.78, 5) is 15.1. The summed E-state index contributed by atoms with van der Waals surface area (Å²) in [6.45, 7) is 5.63. The molecule has 2 atom stereocenters. The van der Waals surface area contributed by atoms with Gasteiger partial charge < -0.3 is 5.32 Å². The highest BCUT2D eigenvalue weighted by atomic mass is 35.5. The number of benzene rings is 3. The monoisotopic (exact) mass is 460 g/mol. The van der Waals surface area contributed by atoms with Crippen LogP contribution in [-0.2, 0) is 17.8 Å².